The first-order valence-corrected chi connectivity index (χ1v) is 9.99. The fourth-order valence-electron chi connectivity index (χ4n) is 4.05. The lowest BCUT2D eigenvalue weighted by molar-refractivity contribution is -0.0274. The highest BCUT2D eigenvalue weighted by Crippen LogP contribution is 2.24. The first-order valence-electron chi connectivity index (χ1n) is 9.99. The van der Waals surface area contributed by atoms with Crippen molar-refractivity contribution in [3.63, 3.8) is 0 Å². The highest BCUT2D eigenvalue weighted by Gasteiger charge is 2.29. The summed E-state index contributed by atoms with van der Waals surface area (Å²) in [6.07, 6.45) is 5.52. The summed E-state index contributed by atoms with van der Waals surface area (Å²) in [4.78, 5) is 10.8. The van der Waals surface area contributed by atoms with Gasteiger partial charge in [0.25, 0.3) is 0 Å². The number of piperidine rings is 1. The summed E-state index contributed by atoms with van der Waals surface area (Å²) in [5.74, 6) is 0.782. The van der Waals surface area contributed by atoms with Crippen molar-refractivity contribution in [3.05, 3.63) is 78.8 Å². The molecule has 5 nitrogen and oxygen atoms in total. The first kappa shape index (κ1) is 18.0. The number of β-amino-alcohol motifs (C(OH)–C–C–N with tert-alkyl or cyclic N) is 1. The molecule has 0 radical (unpaired) electrons. The van der Waals surface area contributed by atoms with Gasteiger partial charge < -0.3 is 9.84 Å². The van der Waals surface area contributed by atoms with Gasteiger partial charge in [0.1, 0.15) is 18.0 Å². The second-order valence-corrected chi connectivity index (χ2v) is 7.66. The highest BCUT2D eigenvalue weighted by molar-refractivity contribution is 5.82. The van der Waals surface area contributed by atoms with Gasteiger partial charge in [-0.25, -0.2) is 0 Å². The molecule has 1 fully saturated rings. The Bertz CT molecular complexity index is 1150. The molecule has 2 atom stereocenters. The second-order valence-electron chi connectivity index (χ2n) is 7.66. The summed E-state index contributed by atoms with van der Waals surface area (Å²) >= 11 is 0. The van der Waals surface area contributed by atoms with E-state index in [1.165, 1.54) is 5.56 Å². The largest absolute Gasteiger partial charge is 0.488 e. The smallest absolute Gasteiger partial charge is 0.127 e. The third-order valence-corrected chi connectivity index (χ3v) is 5.58. The van der Waals surface area contributed by atoms with Gasteiger partial charge in [0.2, 0.25) is 0 Å². The first-order chi connectivity index (χ1) is 14.2. The van der Waals surface area contributed by atoms with Crippen molar-refractivity contribution in [2.24, 2.45) is 0 Å². The predicted octanol–water partition coefficient (Wildman–Crippen LogP) is 3.80. The molecule has 0 aliphatic carbocycles. The molecular formula is C24H23N3O2. The Morgan fingerprint density at radius 3 is 2.90 bits per heavy atom. The minimum absolute atomic E-state index is 0.193. The van der Waals surface area contributed by atoms with Gasteiger partial charge in [0, 0.05) is 49.0 Å². The normalized spacial score (nSPS) is 20.2. The van der Waals surface area contributed by atoms with Crippen LogP contribution in [0.3, 0.4) is 0 Å². The van der Waals surface area contributed by atoms with Crippen LogP contribution in [-0.4, -0.2) is 45.3 Å². The molecule has 5 heteroatoms. The number of benzene rings is 2. The number of ether oxygens (including phenoxy) is 1. The number of hydrogen-bond acceptors (Lipinski definition) is 5. The summed E-state index contributed by atoms with van der Waals surface area (Å²) in [6.45, 7) is 2.31. The maximum atomic E-state index is 10.7. The number of pyridine rings is 2. The lowest BCUT2D eigenvalue weighted by Gasteiger charge is -2.36. The van der Waals surface area contributed by atoms with Gasteiger partial charge in [-0.05, 0) is 53.8 Å². The molecule has 0 unspecified atom stereocenters. The van der Waals surface area contributed by atoms with E-state index in [1.807, 2.05) is 42.7 Å². The van der Waals surface area contributed by atoms with Crippen molar-refractivity contribution in [3.8, 4) is 5.75 Å². The van der Waals surface area contributed by atoms with E-state index in [1.54, 1.807) is 6.20 Å². The van der Waals surface area contributed by atoms with Crippen LogP contribution >= 0.6 is 0 Å². The fourth-order valence-corrected chi connectivity index (χ4v) is 4.05. The summed E-state index contributed by atoms with van der Waals surface area (Å²) in [7, 11) is 0. The number of hydrogen-bond donors (Lipinski definition) is 1. The number of likely N-dealkylation sites (tertiary alicyclic amines) is 1. The van der Waals surface area contributed by atoms with E-state index >= 15 is 0 Å². The highest BCUT2D eigenvalue weighted by atomic mass is 16.5. The van der Waals surface area contributed by atoms with Crippen LogP contribution in [0.4, 0.5) is 0 Å². The molecular weight excluding hydrogens is 362 g/mol. The minimum atomic E-state index is -0.518. The number of aliphatic hydroxyl groups is 1. The third-order valence-electron chi connectivity index (χ3n) is 5.58. The molecule has 1 aliphatic rings. The van der Waals surface area contributed by atoms with Gasteiger partial charge in [0.05, 0.1) is 5.52 Å². The SMILES string of the molecule is O[C@@H]1CN(Cc2ccc3ncccc3c2)CC[C@H]1Oc1ccc2ccncc2c1. The van der Waals surface area contributed by atoms with Crippen LogP contribution in [0.1, 0.15) is 12.0 Å². The zero-order chi connectivity index (χ0) is 19.6. The van der Waals surface area contributed by atoms with Crippen LogP contribution in [0.2, 0.25) is 0 Å². The van der Waals surface area contributed by atoms with Crippen molar-refractivity contribution in [2.75, 3.05) is 13.1 Å². The Kier molecular flexibility index (Phi) is 4.84. The van der Waals surface area contributed by atoms with E-state index in [-0.39, 0.29) is 6.10 Å². The molecule has 0 spiro atoms. The summed E-state index contributed by atoms with van der Waals surface area (Å²) in [6, 6.07) is 18.4. The van der Waals surface area contributed by atoms with Gasteiger partial charge in [-0.3, -0.25) is 14.9 Å². The maximum Gasteiger partial charge on any atom is 0.127 e. The third kappa shape index (κ3) is 3.92. The minimum Gasteiger partial charge on any atom is -0.488 e. The molecule has 2 aromatic carbocycles. The van der Waals surface area contributed by atoms with Crippen LogP contribution in [0.25, 0.3) is 21.7 Å². The average molecular weight is 385 g/mol. The molecule has 29 heavy (non-hydrogen) atoms. The number of rotatable bonds is 4. The summed E-state index contributed by atoms with van der Waals surface area (Å²) < 4.78 is 6.12. The molecule has 1 aliphatic heterocycles. The van der Waals surface area contributed by atoms with E-state index in [4.69, 9.17) is 4.74 Å². The van der Waals surface area contributed by atoms with E-state index in [0.29, 0.717) is 6.54 Å². The zero-order valence-electron chi connectivity index (χ0n) is 16.1. The molecule has 3 heterocycles. The average Bonchev–Trinajstić information content (AvgIpc) is 2.75. The van der Waals surface area contributed by atoms with E-state index < -0.39 is 6.10 Å². The topological polar surface area (TPSA) is 58.5 Å². The van der Waals surface area contributed by atoms with Crippen LogP contribution in [0.5, 0.6) is 5.75 Å². The van der Waals surface area contributed by atoms with Crippen LogP contribution in [-0.2, 0) is 6.54 Å². The lowest BCUT2D eigenvalue weighted by Crippen LogP contribution is -2.48. The predicted molar refractivity (Wildman–Crippen MR) is 114 cm³/mol. The van der Waals surface area contributed by atoms with Gasteiger partial charge in [-0.1, -0.05) is 18.2 Å². The molecule has 4 aromatic rings. The molecule has 5 rings (SSSR count). The Balaban J connectivity index is 1.23. The zero-order valence-corrected chi connectivity index (χ0v) is 16.1. The van der Waals surface area contributed by atoms with Crippen LogP contribution in [0, 0.1) is 0 Å². The van der Waals surface area contributed by atoms with E-state index in [9.17, 15) is 5.11 Å². The van der Waals surface area contributed by atoms with Gasteiger partial charge in [-0.2, -0.15) is 0 Å². The molecule has 0 amide bonds. The van der Waals surface area contributed by atoms with Crippen molar-refractivity contribution in [1.82, 2.24) is 14.9 Å². The van der Waals surface area contributed by atoms with Crippen molar-refractivity contribution < 1.29 is 9.84 Å². The molecule has 2 aromatic heterocycles. The van der Waals surface area contributed by atoms with Crippen molar-refractivity contribution >= 4 is 21.7 Å². The Labute approximate surface area is 169 Å². The van der Waals surface area contributed by atoms with Gasteiger partial charge in [0.15, 0.2) is 0 Å². The number of fused-ring (bicyclic) bond motifs is 2. The van der Waals surface area contributed by atoms with Crippen molar-refractivity contribution in [2.45, 2.75) is 25.2 Å². The maximum absolute atomic E-state index is 10.7. The molecule has 0 saturated carbocycles. The fraction of sp³-hybridized carbons (Fsp3) is 0.250. The lowest BCUT2D eigenvalue weighted by atomic mass is 10.0. The summed E-state index contributed by atoms with van der Waals surface area (Å²) in [5.41, 5.74) is 2.24. The standard InChI is InChI=1S/C24H23N3O2/c28-23-16-27(15-17-3-6-22-19(12-17)2-1-9-26-22)11-8-24(23)29-21-5-4-18-7-10-25-14-20(18)13-21/h1-7,9-10,12-14,23-24,28H,8,11,15-16H2/t23-,24-/m1/s1. The molecule has 1 saturated heterocycles. The molecule has 0 bridgehead atoms. The van der Waals surface area contributed by atoms with E-state index in [0.717, 1.165) is 46.9 Å². The molecule has 1 N–H and O–H groups in total. The summed E-state index contributed by atoms with van der Waals surface area (Å²) in [5, 5.41) is 14.0. The van der Waals surface area contributed by atoms with E-state index in [2.05, 4.69) is 39.1 Å². The quantitative estimate of drug-likeness (QED) is 0.579. The Morgan fingerprint density at radius 2 is 1.97 bits per heavy atom. The second kappa shape index (κ2) is 7.78. The number of nitrogens with zero attached hydrogens (tertiary/aromatic N) is 3. The van der Waals surface area contributed by atoms with Crippen LogP contribution < -0.4 is 4.74 Å². The molecule has 146 valence electrons. The van der Waals surface area contributed by atoms with Crippen LogP contribution in [0.15, 0.2) is 73.2 Å². The number of aromatic nitrogens is 2. The van der Waals surface area contributed by atoms with Gasteiger partial charge >= 0.3 is 0 Å². The Morgan fingerprint density at radius 1 is 1.00 bits per heavy atom. The number of aliphatic hydroxyl groups excluding tert-OH is 1. The Hall–Kier alpha value is -3.02. The van der Waals surface area contributed by atoms with Gasteiger partial charge in [-0.15, -0.1) is 0 Å². The van der Waals surface area contributed by atoms with Crippen molar-refractivity contribution in [1.29, 1.82) is 0 Å². The monoisotopic (exact) mass is 385 g/mol.